The van der Waals surface area contributed by atoms with Gasteiger partial charge in [0.25, 0.3) is 0 Å². The number of nitrogens with two attached hydrogens (primary N) is 1. The van der Waals surface area contributed by atoms with E-state index in [0.717, 1.165) is 0 Å². The van der Waals surface area contributed by atoms with Crippen LogP contribution in [-0.4, -0.2) is 19.3 Å². The molecule has 0 amide bonds. The smallest absolute Gasteiger partial charge is 0.116 e. The van der Waals surface area contributed by atoms with Crippen LogP contribution in [0, 0.1) is 11.3 Å². The molecule has 3 heteroatoms. The second-order valence-corrected chi connectivity index (χ2v) is 1.40. The normalized spacial score (nSPS) is 12.6. The van der Waals surface area contributed by atoms with E-state index in [-0.39, 0.29) is 0 Å². The summed E-state index contributed by atoms with van der Waals surface area (Å²) in [5.74, 6) is 0. The lowest BCUT2D eigenvalue weighted by molar-refractivity contribution is 0.144. The zero-order chi connectivity index (χ0) is 6.41. The lowest BCUT2D eigenvalue weighted by atomic mass is 10.4. The van der Waals surface area contributed by atoms with Crippen LogP contribution in [0.25, 0.3) is 0 Å². The van der Waals surface area contributed by atoms with Crippen LogP contribution in [0.2, 0.25) is 0 Å². The maximum atomic E-state index is 8.11. The number of hydrogen-bond acceptors (Lipinski definition) is 3. The SMILES string of the molecule is CCOCC(N)C#N. The molecule has 0 aromatic carbocycles. The van der Waals surface area contributed by atoms with E-state index in [9.17, 15) is 0 Å². The molecule has 0 bridgehead atoms. The van der Waals surface area contributed by atoms with E-state index in [1.165, 1.54) is 0 Å². The minimum Gasteiger partial charge on any atom is -0.379 e. The fourth-order valence-electron chi connectivity index (χ4n) is 0.282. The molecule has 2 N–H and O–H groups in total. The van der Waals surface area contributed by atoms with Crippen LogP contribution >= 0.6 is 0 Å². The van der Waals surface area contributed by atoms with Crippen LogP contribution in [0.15, 0.2) is 0 Å². The average Bonchev–Trinajstić information content (AvgIpc) is 1.83. The van der Waals surface area contributed by atoms with E-state index >= 15 is 0 Å². The maximum Gasteiger partial charge on any atom is 0.116 e. The Kier molecular flexibility index (Phi) is 4.23. The monoisotopic (exact) mass is 114 g/mol. The standard InChI is InChI=1S/C5H10N2O/c1-2-8-4-5(7)3-6/h5H,2,4,7H2,1H3. The number of rotatable bonds is 3. The van der Waals surface area contributed by atoms with Gasteiger partial charge in [0.1, 0.15) is 6.04 Å². The molecule has 0 saturated heterocycles. The Morgan fingerprint density at radius 2 is 2.50 bits per heavy atom. The number of hydrogen-bond donors (Lipinski definition) is 1. The first kappa shape index (κ1) is 7.41. The molecule has 0 heterocycles. The van der Waals surface area contributed by atoms with E-state index in [1.807, 2.05) is 13.0 Å². The van der Waals surface area contributed by atoms with Gasteiger partial charge in [0.15, 0.2) is 0 Å². The van der Waals surface area contributed by atoms with Crippen molar-refractivity contribution in [2.75, 3.05) is 13.2 Å². The molecule has 0 aromatic rings. The Balaban J connectivity index is 3.02. The number of nitrogens with zero attached hydrogens (tertiary/aromatic N) is 1. The summed E-state index contributed by atoms with van der Waals surface area (Å²) in [4.78, 5) is 0. The molecule has 0 rings (SSSR count). The highest BCUT2D eigenvalue weighted by atomic mass is 16.5. The molecule has 0 aliphatic rings. The fourth-order valence-corrected chi connectivity index (χ4v) is 0.282. The quantitative estimate of drug-likeness (QED) is 0.556. The topological polar surface area (TPSA) is 59.0 Å². The van der Waals surface area contributed by atoms with Crippen molar-refractivity contribution in [1.82, 2.24) is 0 Å². The van der Waals surface area contributed by atoms with Crippen LogP contribution in [0.5, 0.6) is 0 Å². The molecule has 1 atom stereocenters. The summed E-state index contributed by atoms with van der Waals surface area (Å²) >= 11 is 0. The van der Waals surface area contributed by atoms with Crippen LogP contribution < -0.4 is 5.73 Å². The van der Waals surface area contributed by atoms with Gasteiger partial charge >= 0.3 is 0 Å². The van der Waals surface area contributed by atoms with Gasteiger partial charge in [-0.25, -0.2) is 0 Å². The van der Waals surface area contributed by atoms with Gasteiger partial charge in [0.05, 0.1) is 12.7 Å². The Hall–Kier alpha value is -0.590. The number of nitriles is 1. The molecule has 8 heavy (non-hydrogen) atoms. The minimum atomic E-state index is -0.463. The van der Waals surface area contributed by atoms with Crippen LogP contribution in [0.3, 0.4) is 0 Å². The summed E-state index contributed by atoms with van der Waals surface area (Å²) in [6.07, 6.45) is 0. The first-order chi connectivity index (χ1) is 3.81. The molecule has 0 fully saturated rings. The van der Waals surface area contributed by atoms with Gasteiger partial charge in [-0.15, -0.1) is 0 Å². The van der Waals surface area contributed by atoms with E-state index in [0.29, 0.717) is 13.2 Å². The van der Waals surface area contributed by atoms with Gasteiger partial charge in [-0.3, -0.25) is 0 Å². The van der Waals surface area contributed by atoms with Crippen molar-refractivity contribution in [2.24, 2.45) is 5.73 Å². The van der Waals surface area contributed by atoms with E-state index in [4.69, 9.17) is 15.7 Å². The molecular formula is C5H10N2O. The van der Waals surface area contributed by atoms with E-state index in [1.54, 1.807) is 0 Å². The Morgan fingerprint density at radius 3 is 2.88 bits per heavy atom. The van der Waals surface area contributed by atoms with Crippen LogP contribution in [-0.2, 0) is 4.74 Å². The molecule has 46 valence electrons. The number of ether oxygens (including phenoxy) is 1. The van der Waals surface area contributed by atoms with E-state index in [2.05, 4.69) is 0 Å². The van der Waals surface area contributed by atoms with Gasteiger partial charge in [0, 0.05) is 6.61 Å². The lowest BCUT2D eigenvalue weighted by Crippen LogP contribution is -2.23. The Bertz CT molecular complexity index is 86.9. The lowest BCUT2D eigenvalue weighted by Gasteiger charge is -1.99. The van der Waals surface area contributed by atoms with Gasteiger partial charge in [-0.1, -0.05) is 0 Å². The molecule has 0 spiro atoms. The molecule has 0 aliphatic carbocycles. The highest BCUT2D eigenvalue weighted by Crippen LogP contribution is 1.76. The van der Waals surface area contributed by atoms with Crippen molar-refractivity contribution in [3.8, 4) is 6.07 Å². The first-order valence-corrected chi connectivity index (χ1v) is 2.54. The Morgan fingerprint density at radius 1 is 1.88 bits per heavy atom. The largest absolute Gasteiger partial charge is 0.379 e. The predicted octanol–water partition coefficient (Wildman–Crippen LogP) is -0.126. The summed E-state index contributed by atoms with van der Waals surface area (Å²) in [5, 5.41) is 8.11. The summed E-state index contributed by atoms with van der Waals surface area (Å²) in [6, 6.07) is 1.39. The molecule has 3 nitrogen and oxygen atoms in total. The molecule has 1 unspecified atom stereocenters. The Labute approximate surface area is 49.0 Å². The van der Waals surface area contributed by atoms with E-state index < -0.39 is 6.04 Å². The van der Waals surface area contributed by atoms with Crippen LogP contribution in [0.4, 0.5) is 0 Å². The highest BCUT2D eigenvalue weighted by Gasteiger charge is 1.95. The van der Waals surface area contributed by atoms with Crippen molar-refractivity contribution in [3.63, 3.8) is 0 Å². The maximum absolute atomic E-state index is 8.11. The zero-order valence-corrected chi connectivity index (χ0v) is 4.92. The molecule has 0 aromatic heterocycles. The second kappa shape index (κ2) is 4.57. The average molecular weight is 114 g/mol. The van der Waals surface area contributed by atoms with Crippen LogP contribution in [0.1, 0.15) is 6.92 Å². The summed E-state index contributed by atoms with van der Waals surface area (Å²) in [7, 11) is 0. The summed E-state index contributed by atoms with van der Waals surface area (Å²) < 4.78 is 4.84. The van der Waals surface area contributed by atoms with Gasteiger partial charge in [-0.2, -0.15) is 5.26 Å². The molecule has 0 saturated carbocycles. The zero-order valence-electron chi connectivity index (χ0n) is 4.92. The fraction of sp³-hybridized carbons (Fsp3) is 0.800. The summed E-state index contributed by atoms with van der Waals surface area (Å²) in [5.41, 5.74) is 5.17. The van der Waals surface area contributed by atoms with Gasteiger partial charge < -0.3 is 10.5 Å². The summed E-state index contributed by atoms with van der Waals surface area (Å²) in [6.45, 7) is 2.83. The first-order valence-electron chi connectivity index (χ1n) is 2.54. The minimum absolute atomic E-state index is 0.340. The molecular weight excluding hydrogens is 104 g/mol. The molecule has 0 aliphatic heterocycles. The van der Waals surface area contributed by atoms with Crippen molar-refractivity contribution in [1.29, 1.82) is 5.26 Å². The van der Waals surface area contributed by atoms with Gasteiger partial charge in [0.2, 0.25) is 0 Å². The third kappa shape index (κ3) is 3.59. The van der Waals surface area contributed by atoms with Crippen molar-refractivity contribution in [3.05, 3.63) is 0 Å². The second-order valence-electron chi connectivity index (χ2n) is 1.40. The molecule has 0 radical (unpaired) electrons. The van der Waals surface area contributed by atoms with Crippen molar-refractivity contribution in [2.45, 2.75) is 13.0 Å². The third-order valence-electron chi connectivity index (χ3n) is 0.667. The predicted molar refractivity (Wildman–Crippen MR) is 30.1 cm³/mol. The van der Waals surface area contributed by atoms with Gasteiger partial charge in [-0.05, 0) is 6.92 Å². The van der Waals surface area contributed by atoms with Crippen molar-refractivity contribution < 1.29 is 4.74 Å². The highest BCUT2D eigenvalue weighted by molar-refractivity contribution is 4.85. The third-order valence-corrected chi connectivity index (χ3v) is 0.667. The van der Waals surface area contributed by atoms with Crippen molar-refractivity contribution >= 4 is 0 Å².